The van der Waals surface area contributed by atoms with Gasteiger partial charge >= 0.3 is 6.36 Å². The molecule has 0 aliphatic rings. The smallest absolute Gasteiger partial charge is 0.483 e. The van der Waals surface area contributed by atoms with Gasteiger partial charge in [-0.15, -0.1) is 13.2 Å². The van der Waals surface area contributed by atoms with Crippen molar-refractivity contribution in [3.05, 3.63) is 54.1 Å². The van der Waals surface area contributed by atoms with Crippen LogP contribution >= 0.6 is 0 Å². The minimum atomic E-state index is -4.83. The molecule has 144 valence electrons. The Balaban J connectivity index is 2.12. The van der Waals surface area contributed by atoms with Crippen molar-refractivity contribution >= 4 is 17.5 Å². The fourth-order valence-corrected chi connectivity index (χ4v) is 2.02. The van der Waals surface area contributed by atoms with Crippen LogP contribution in [0.4, 0.5) is 18.9 Å². The summed E-state index contributed by atoms with van der Waals surface area (Å²) < 4.78 is 46.1. The lowest BCUT2D eigenvalue weighted by Gasteiger charge is -2.14. The predicted molar refractivity (Wildman–Crippen MR) is 91.7 cm³/mol. The predicted octanol–water partition coefficient (Wildman–Crippen LogP) is 3.30. The van der Waals surface area contributed by atoms with E-state index in [9.17, 15) is 22.8 Å². The number of likely N-dealkylation sites (N-methyl/N-ethyl adjacent to an activating group) is 1. The first-order chi connectivity index (χ1) is 12.7. The molecule has 9 heteroatoms. The van der Waals surface area contributed by atoms with Crippen molar-refractivity contribution in [3.8, 4) is 11.5 Å². The van der Waals surface area contributed by atoms with Gasteiger partial charge < -0.3 is 19.7 Å². The fourth-order valence-electron chi connectivity index (χ4n) is 2.02. The van der Waals surface area contributed by atoms with Gasteiger partial charge in [0.25, 0.3) is 11.8 Å². The Morgan fingerprint density at radius 2 is 1.78 bits per heavy atom. The van der Waals surface area contributed by atoms with Crippen molar-refractivity contribution in [1.29, 1.82) is 0 Å². The summed E-state index contributed by atoms with van der Waals surface area (Å²) in [6.07, 6.45) is -4.83. The molecule has 1 N–H and O–H groups in total. The number of para-hydroxylation sites is 1. The molecule has 2 aromatic carbocycles. The average Bonchev–Trinajstić information content (AvgIpc) is 2.58. The molecule has 0 radical (unpaired) electrons. The number of anilines is 1. The summed E-state index contributed by atoms with van der Waals surface area (Å²) in [6, 6.07) is 11.1. The highest BCUT2D eigenvalue weighted by molar-refractivity contribution is 6.06. The van der Waals surface area contributed by atoms with Crippen LogP contribution in [0.1, 0.15) is 10.4 Å². The van der Waals surface area contributed by atoms with Crippen LogP contribution in [-0.2, 0) is 4.79 Å². The average molecular weight is 382 g/mol. The van der Waals surface area contributed by atoms with Crippen LogP contribution in [0.5, 0.6) is 11.5 Å². The van der Waals surface area contributed by atoms with E-state index in [1.54, 1.807) is 26.2 Å². The summed E-state index contributed by atoms with van der Waals surface area (Å²) >= 11 is 0. The highest BCUT2D eigenvalue weighted by Crippen LogP contribution is 2.26. The number of carbonyl (C=O) groups is 2. The molecule has 0 spiro atoms. The Kier molecular flexibility index (Phi) is 6.27. The van der Waals surface area contributed by atoms with Crippen molar-refractivity contribution < 1.29 is 32.2 Å². The van der Waals surface area contributed by atoms with Crippen LogP contribution in [0, 0.1) is 0 Å². The molecule has 2 rings (SSSR count). The van der Waals surface area contributed by atoms with Crippen LogP contribution in [0.2, 0.25) is 0 Å². The number of nitrogens with one attached hydrogen (secondary N) is 1. The van der Waals surface area contributed by atoms with Gasteiger partial charge in [-0.25, -0.2) is 0 Å². The molecule has 0 heterocycles. The number of benzene rings is 2. The summed E-state index contributed by atoms with van der Waals surface area (Å²) in [5.74, 6) is -1.18. The first-order valence-corrected chi connectivity index (χ1v) is 7.75. The van der Waals surface area contributed by atoms with E-state index in [0.29, 0.717) is 0 Å². The summed E-state index contributed by atoms with van der Waals surface area (Å²) in [4.78, 5) is 25.4. The second-order valence-electron chi connectivity index (χ2n) is 5.60. The Hall–Kier alpha value is -3.23. The second-order valence-corrected chi connectivity index (χ2v) is 5.60. The molecule has 0 fully saturated rings. The molecule has 0 bridgehead atoms. The fraction of sp³-hybridized carbons (Fsp3) is 0.222. The molecule has 0 aromatic heterocycles. The number of hydrogen-bond donors (Lipinski definition) is 1. The minimum Gasteiger partial charge on any atom is -0.483 e. The molecule has 0 aliphatic heterocycles. The molecule has 0 aliphatic carbocycles. The number of carbonyl (C=O) groups excluding carboxylic acids is 2. The number of rotatable bonds is 6. The van der Waals surface area contributed by atoms with E-state index in [-0.39, 0.29) is 29.5 Å². The van der Waals surface area contributed by atoms with Gasteiger partial charge in [0, 0.05) is 25.8 Å². The van der Waals surface area contributed by atoms with Crippen LogP contribution in [-0.4, -0.2) is 43.8 Å². The zero-order valence-electron chi connectivity index (χ0n) is 14.5. The van der Waals surface area contributed by atoms with Crippen LogP contribution < -0.4 is 14.8 Å². The van der Waals surface area contributed by atoms with Crippen molar-refractivity contribution in [2.45, 2.75) is 6.36 Å². The van der Waals surface area contributed by atoms with E-state index in [2.05, 4.69) is 10.1 Å². The molecule has 2 amide bonds. The Bertz CT molecular complexity index is 822. The van der Waals surface area contributed by atoms with E-state index < -0.39 is 18.0 Å². The third kappa shape index (κ3) is 6.21. The Labute approximate surface area is 153 Å². The van der Waals surface area contributed by atoms with Gasteiger partial charge in [0.1, 0.15) is 11.5 Å². The van der Waals surface area contributed by atoms with Crippen molar-refractivity contribution in [2.24, 2.45) is 0 Å². The van der Waals surface area contributed by atoms with Gasteiger partial charge in [-0.05, 0) is 24.3 Å². The molecule has 0 saturated carbocycles. The number of alkyl halides is 3. The van der Waals surface area contributed by atoms with Crippen LogP contribution in [0.15, 0.2) is 48.5 Å². The molecular formula is C18H17F3N2O4. The van der Waals surface area contributed by atoms with Crippen LogP contribution in [0.25, 0.3) is 0 Å². The quantitative estimate of drug-likeness (QED) is 0.833. The van der Waals surface area contributed by atoms with Gasteiger partial charge in [0.15, 0.2) is 6.61 Å². The van der Waals surface area contributed by atoms with Crippen molar-refractivity contribution in [2.75, 3.05) is 26.0 Å². The van der Waals surface area contributed by atoms with Gasteiger partial charge in [0.2, 0.25) is 0 Å². The molecular weight excluding hydrogens is 365 g/mol. The highest BCUT2D eigenvalue weighted by Gasteiger charge is 2.31. The maximum absolute atomic E-state index is 12.5. The summed E-state index contributed by atoms with van der Waals surface area (Å²) in [7, 11) is 3.14. The topological polar surface area (TPSA) is 67.9 Å². The summed E-state index contributed by atoms with van der Waals surface area (Å²) in [5.41, 5.74) is 0.243. The lowest BCUT2D eigenvalue weighted by molar-refractivity contribution is -0.274. The normalized spacial score (nSPS) is 10.9. The van der Waals surface area contributed by atoms with Crippen molar-refractivity contribution in [1.82, 2.24) is 4.90 Å². The van der Waals surface area contributed by atoms with Gasteiger partial charge in [-0.1, -0.05) is 18.2 Å². The zero-order valence-corrected chi connectivity index (χ0v) is 14.5. The third-order valence-corrected chi connectivity index (χ3v) is 3.31. The molecule has 0 unspecified atom stereocenters. The molecule has 0 saturated heterocycles. The van der Waals surface area contributed by atoms with Crippen LogP contribution in [0.3, 0.4) is 0 Å². The summed E-state index contributed by atoms with van der Waals surface area (Å²) in [5, 5.41) is 2.47. The number of amides is 2. The largest absolute Gasteiger partial charge is 0.573 e. The molecule has 0 atom stereocenters. The SMILES string of the molecule is CN(C)C(=O)COc1ccccc1C(=O)Nc1cccc(OC(F)(F)F)c1. The number of nitrogens with zero attached hydrogens (tertiary/aromatic N) is 1. The third-order valence-electron chi connectivity index (χ3n) is 3.31. The lowest BCUT2D eigenvalue weighted by atomic mass is 10.2. The van der Waals surface area contributed by atoms with Gasteiger partial charge in [-0.3, -0.25) is 9.59 Å². The Morgan fingerprint density at radius 1 is 1.07 bits per heavy atom. The lowest BCUT2D eigenvalue weighted by Crippen LogP contribution is -2.28. The standard InChI is InChI=1S/C18H17F3N2O4/c1-23(2)16(24)11-26-15-9-4-3-8-14(15)17(25)22-12-6-5-7-13(10-12)27-18(19,20)21/h3-10H,11H2,1-2H3,(H,22,25). The Morgan fingerprint density at radius 3 is 2.44 bits per heavy atom. The van der Waals surface area contributed by atoms with Gasteiger partial charge in [0.05, 0.1) is 5.56 Å². The highest BCUT2D eigenvalue weighted by atomic mass is 19.4. The zero-order chi connectivity index (χ0) is 20.0. The van der Waals surface area contributed by atoms with E-state index in [0.717, 1.165) is 12.1 Å². The first-order valence-electron chi connectivity index (χ1n) is 7.75. The number of ether oxygens (including phenoxy) is 2. The number of hydrogen-bond acceptors (Lipinski definition) is 4. The first kappa shape index (κ1) is 20.1. The maximum Gasteiger partial charge on any atom is 0.573 e. The van der Waals surface area contributed by atoms with E-state index in [4.69, 9.17) is 4.74 Å². The summed E-state index contributed by atoms with van der Waals surface area (Å²) in [6.45, 7) is -0.258. The van der Waals surface area contributed by atoms with E-state index in [1.165, 1.54) is 29.2 Å². The minimum absolute atomic E-state index is 0.112. The van der Waals surface area contributed by atoms with E-state index in [1.807, 2.05) is 0 Å². The second kappa shape index (κ2) is 8.43. The number of halogens is 3. The van der Waals surface area contributed by atoms with Crippen molar-refractivity contribution in [3.63, 3.8) is 0 Å². The van der Waals surface area contributed by atoms with E-state index >= 15 is 0 Å². The van der Waals surface area contributed by atoms with Gasteiger partial charge in [-0.2, -0.15) is 0 Å². The monoisotopic (exact) mass is 382 g/mol. The molecule has 6 nitrogen and oxygen atoms in total. The maximum atomic E-state index is 12.5. The molecule has 2 aromatic rings. The molecule has 27 heavy (non-hydrogen) atoms.